The van der Waals surface area contributed by atoms with Gasteiger partial charge in [-0.2, -0.15) is 0 Å². The monoisotopic (exact) mass is 494 g/mol. The van der Waals surface area contributed by atoms with E-state index >= 15 is 0 Å². The van der Waals surface area contributed by atoms with Crippen LogP contribution in [0.5, 0.6) is 11.5 Å². The highest BCUT2D eigenvalue weighted by molar-refractivity contribution is 6.00. The summed E-state index contributed by atoms with van der Waals surface area (Å²) >= 11 is 0. The topological polar surface area (TPSA) is 90.4 Å². The number of phenolic OH excluding ortho intramolecular Hbond substituents is 1. The molecule has 8 nitrogen and oxygen atoms in total. The first-order valence-electron chi connectivity index (χ1n) is 12.0. The second-order valence-electron chi connectivity index (χ2n) is 9.31. The van der Waals surface area contributed by atoms with Gasteiger partial charge in [-0.3, -0.25) is 13.9 Å². The Balaban J connectivity index is 1.88. The first kappa shape index (κ1) is 22.7. The highest BCUT2D eigenvalue weighted by atomic mass is 16.5. The Labute approximate surface area is 212 Å². The van der Waals surface area contributed by atoms with Crippen molar-refractivity contribution in [1.29, 1.82) is 0 Å². The number of methoxy groups -OCH3 is 1. The number of hydrogen-bond acceptors (Lipinski definition) is 5. The molecular formula is C29H26N4O4. The summed E-state index contributed by atoms with van der Waals surface area (Å²) in [5.41, 5.74) is 5.25. The third-order valence-electron chi connectivity index (χ3n) is 7.29. The van der Waals surface area contributed by atoms with E-state index in [1.54, 1.807) is 13.1 Å². The number of hydrogen-bond donors (Lipinski definition) is 2. The molecule has 6 rings (SSSR count). The second kappa shape index (κ2) is 8.16. The molecule has 0 amide bonds. The number of nitrogens with zero attached hydrogens (tertiary/aromatic N) is 3. The minimum absolute atomic E-state index is 0.00550. The van der Waals surface area contributed by atoms with Gasteiger partial charge in [-0.25, -0.2) is 4.79 Å². The summed E-state index contributed by atoms with van der Waals surface area (Å²) in [5, 5.41) is 15.2. The lowest BCUT2D eigenvalue weighted by Crippen LogP contribution is -2.37. The van der Waals surface area contributed by atoms with Gasteiger partial charge >= 0.3 is 5.69 Å². The predicted octanol–water partition coefficient (Wildman–Crippen LogP) is 4.23. The van der Waals surface area contributed by atoms with Gasteiger partial charge in [-0.1, -0.05) is 48.5 Å². The molecule has 1 atom stereocenters. The maximum absolute atomic E-state index is 13.8. The van der Waals surface area contributed by atoms with Crippen LogP contribution < -0.4 is 21.3 Å². The summed E-state index contributed by atoms with van der Waals surface area (Å²) in [6.45, 7) is 2.01. The molecule has 1 aliphatic heterocycles. The molecule has 1 aliphatic rings. The lowest BCUT2D eigenvalue weighted by Gasteiger charge is -2.31. The van der Waals surface area contributed by atoms with Gasteiger partial charge in [0.2, 0.25) is 0 Å². The van der Waals surface area contributed by atoms with E-state index in [2.05, 4.69) is 9.88 Å². The smallest absolute Gasteiger partial charge is 0.331 e. The zero-order chi connectivity index (χ0) is 26.0. The Morgan fingerprint density at radius 2 is 1.65 bits per heavy atom. The van der Waals surface area contributed by atoms with Crippen LogP contribution in [0.15, 0.2) is 76.3 Å². The van der Waals surface area contributed by atoms with E-state index in [-0.39, 0.29) is 11.3 Å². The van der Waals surface area contributed by atoms with Crippen LogP contribution in [0.4, 0.5) is 5.69 Å². The molecule has 0 spiro atoms. The lowest BCUT2D eigenvalue weighted by atomic mass is 9.98. The number of ether oxygens (including phenoxy) is 1. The number of rotatable bonds is 3. The van der Waals surface area contributed by atoms with E-state index in [1.165, 1.54) is 18.7 Å². The summed E-state index contributed by atoms with van der Waals surface area (Å²) in [7, 11) is 4.68. The van der Waals surface area contributed by atoms with Crippen molar-refractivity contribution in [3.63, 3.8) is 0 Å². The molecule has 0 aliphatic carbocycles. The van der Waals surface area contributed by atoms with Crippen LogP contribution in [0.2, 0.25) is 0 Å². The van der Waals surface area contributed by atoms with Gasteiger partial charge < -0.3 is 19.7 Å². The van der Waals surface area contributed by atoms with Crippen LogP contribution in [0.25, 0.3) is 27.8 Å². The number of nitrogens with one attached hydrogen (secondary N) is 1. The standard InChI is InChI=1S/C29H26N4O4/c1-16-10-5-6-11-17(16)24-22-25(31(2)29(36)32(3)28(22)35)26-23(18-12-9-15-21(37-4)27(18)34)30-19-13-7-8-14-20(19)33(24)26/h5-15,23,30,34H,1-4H3/t23-/m0/s1. The third-order valence-corrected chi connectivity index (χ3v) is 7.29. The van der Waals surface area contributed by atoms with Gasteiger partial charge in [0.05, 0.1) is 46.8 Å². The van der Waals surface area contributed by atoms with Gasteiger partial charge in [-0.05, 0) is 30.7 Å². The Kier molecular flexibility index (Phi) is 5.01. The Bertz CT molecular complexity index is 1840. The molecule has 2 aromatic heterocycles. The first-order valence-corrected chi connectivity index (χ1v) is 12.0. The van der Waals surface area contributed by atoms with E-state index in [4.69, 9.17) is 4.74 Å². The van der Waals surface area contributed by atoms with E-state index in [0.717, 1.165) is 27.1 Å². The number of phenols is 1. The van der Waals surface area contributed by atoms with Crippen LogP contribution in [0.1, 0.15) is 22.9 Å². The largest absolute Gasteiger partial charge is 0.504 e. The molecule has 0 saturated heterocycles. The van der Waals surface area contributed by atoms with Crippen LogP contribution in [-0.4, -0.2) is 25.9 Å². The zero-order valence-corrected chi connectivity index (χ0v) is 20.9. The summed E-state index contributed by atoms with van der Waals surface area (Å²) < 4.78 is 10.1. The number of anilines is 1. The van der Waals surface area contributed by atoms with Crippen molar-refractivity contribution in [1.82, 2.24) is 13.7 Å². The average molecular weight is 495 g/mol. The van der Waals surface area contributed by atoms with E-state index < -0.39 is 11.7 Å². The fraction of sp³-hybridized carbons (Fsp3) is 0.172. The normalized spacial score (nSPS) is 14.2. The molecule has 0 fully saturated rings. The number of fused-ring (bicyclic) bond motifs is 5. The number of aromatic nitrogens is 3. The maximum Gasteiger partial charge on any atom is 0.331 e. The Hall–Kier alpha value is -4.72. The third kappa shape index (κ3) is 3.08. The Morgan fingerprint density at radius 3 is 2.41 bits per heavy atom. The summed E-state index contributed by atoms with van der Waals surface area (Å²) in [5.74, 6) is 0.332. The molecule has 0 unspecified atom stereocenters. The fourth-order valence-electron chi connectivity index (χ4n) is 5.48. The summed E-state index contributed by atoms with van der Waals surface area (Å²) in [6, 6.07) is 20.5. The van der Waals surface area contributed by atoms with E-state index in [1.807, 2.05) is 67.6 Å². The zero-order valence-electron chi connectivity index (χ0n) is 20.9. The minimum atomic E-state index is -0.581. The van der Waals surface area contributed by atoms with Crippen molar-refractivity contribution in [2.75, 3.05) is 12.4 Å². The van der Waals surface area contributed by atoms with Crippen molar-refractivity contribution < 1.29 is 9.84 Å². The van der Waals surface area contributed by atoms with Crippen molar-refractivity contribution in [2.24, 2.45) is 14.1 Å². The molecule has 0 bridgehead atoms. The lowest BCUT2D eigenvalue weighted by molar-refractivity contribution is 0.370. The van der Waals surface area contributed by atoms with Gasteiger partial charge in [0.15, 0.2) is 11.5 Å². The van der Waals surface area contributed by atoms with Gasteiger partial charge in [0, 0.05) is 25.2 Å². The number of aromatic hydroxyl groups is 1. The molecule has 0 saturated carbocycles. The number of aryl methyl sites for hydroxylation is 2. The summed E-state index contributed by atoms with van der Waals surface area (Å²) in [4.78, 5) is 27.0. The maximum atomic E-state index is 13.8. The second-order valence-corrected chi connectivity index (χ2v) is 9.31. The molecule has 37 heavy (non-hydrogen) atoms. The molecule has 0 radical (unpaired) electrons. The fourth-order valence-corrected chi connectivity index (χ4v) is 5.48. The predicted molar refractivity (Wildman–Crippen MR) is 144 cm³/mol. The van der Waals surface area contributed by atoms with Crippen LogP contribution in [0.3, 0.4) is 0 Å². The molecule has 3 heterocycles. The summed E-state index contributed by atoms with van der Waals surface area (Å²) in [6.07, 6.45) is 0. The Morgan fingerprint density at radius 1 is 0.919 bits per heavy atom. The van der Waals surface area contributed by atoms with Crippen molar-refractivity contribution in [3.05, 3.63) is 104 Å². The number of para-hydroxylation sites is 3. The number of benzene rings is 3. The minimum Gasteiger partial charge on any atom is -0.504 e. The van der Waals surface area contributed by atoms with Crippen LogP contribution in [-0.2, 0) is 14.1 Å². The molecule has 2 N–H and O–H groups in total. The highest BCUT2D eigenvalue weighted by Crippen LogP contribution is 2.48. The molecule has 8 heteroatoms. The average Bonchev–Trinajstić information content (AvgIpc) is 3.27. The van der Waals surface area contributed by atoms with Crippen molar-refractivity contribution in [3.8, 4) is 28.4 Å². The molecule has 5 aromatic rings. The van der Waals surface area contributed by atoms with Crippen molar-refractivity contribution in [2.45, 2.75) is 13.0 Å². The van der Waals surface area contributed by atoms with Crippen molar-refractivity contribution >= 4 is 16.6 Å². The quantitative estimate of drug-likeness (QED) is 0.392. The van der Waals surface area contributed by atoms with E-state index in [9.17, 15) is 14.7 Å². The van der Waals surface area contributed by atoms with Crippen LogP contribution in [0, 0.1) is 6.92 Å². The van der Waals surface area contributed by atoms with Gasteiger partial charge in [-0.15, -0.1) is 0 Å². The van der Waals surface area contributed by atoms with Gasteiger partial charge in [0.25, 0.3) is 5.56 Å². The molecule has 3 aromatic carbocycles. The van der Waals surface area contributed by atoms with Gasteiger partial charge in [0.1, 0.15) is 0 Å². The first-order chi connectivity index (χ1) is 17.8. The molecule has 186 valence electrons. The highest BCUT2D eigenvalue weighted by Gasteiger charge is 2.36. The SMILES string of the molecule is COc1cccc([C@@H]2Nc3ccccc3-n3c(-c4ccccc4C)c4c(=O)n(C)c(=O)n(C)c4c32)c1O. The molecular weight excluding hydrogens is 468 g/mol. The van der Waals surface area contributed by atoms with E-state index in [0.29, 0.717) is 33.6 Å². The van der Waals surface area contributed by atoms with Crippen LogP contribution >= 0.6 is 0 Å².